The molecular weight excluding hydrogens is 382 g/mol. The summed E-state index contributed by atoms with van der Waals surface area (Å²) in [6.07, 6.45) is 1.95. The van der Waals surface area contributed by atoms with E-state index in [2.05, 4.69) is 15.5 Å². The van der Waals surface area contributed by atoms with E-state index in [4.69, 9.17) is 0 Å². The summed E-state index contributed by atoms with van der Waals surface area (Å²) < 4.78 is 29.2. The van der Waals surface area contributed by atoms with Crippen LogP contribution in [-0.4, -0.2) is 25.9 Å². The lowest BCUT2D eigenvalue weighted by molar-refractivity contribution is -0.115. The van der Waals surface area contributed by atoms with Gasteiger partial charge in [0.15, 0.2) is 11.0 Å². The number of anilines is 1. The maximum Gasteiger partial charge on any atom is 0.237 e. The summed E-state index contributed by atoms with van der Waals surface area (Å²) in [7, 11) is 0. The van der Waals surface area contributed by atoms with Crippen LogP contribution in [0.4, 0.5) is 14.5 Å². The highest BCUT2D eigenvalue weighted by Crippen LogP contribution is 2.42. The number of thioether (sulfide) groups is 1. The number of nitrogens with one attached hydrogen (secondary N) is 1. The van der Waals surface area contributed by atoms with Crippen LogP contribution in [0, 0.1) is 11.6 Å². The highest BCUT2D eigenvalue weighted by Gasteiger charge is 2.32. The maximum atomic E-state index is 14.2. The van der Waals surface area contributed by atoms with Gasteiger partial charge in [-0.1, -0.05) is 23.9 Å². The Kier molecular flexibility index (Phi) is 5.13. The summed E-state index contributed by atoms with van der Waals surface area (Å²) in [5.74, 6) is -0.460. The molecule has 1 aliphatic carbocycles. The van der Waals surface area contributed by atoms with Crippen molar-refractivity contribution in [3.63, 3.8) is 0 Å². The van der Waals surface area contributed by atoms with E-state index in [9.17, 15) is 13.6 Å². The lowest BCUT2D eigenvalue weighted by atomic mass is 10.2. The van der Waals surface area contributed by atoms with E-state index in [0.717, 1.165) is 12.8 Å². The molecule has 1 N–H and O–H groups in total. The average Bonchev–Trinajstić information content (AvgIpc) is 3.44. The van der Waals surface area contributed by atoms with Crippen LogP contribution in [0.1, 0.15) is 25.8 Å². The van der Waals surface area contributed by atoms with Gasteiger partial charge in [-0.05, 0) is 56.2 Å². The first-order valence-corrected chi connectivity index (χ1v) is 9.84. The molecule has 5 nitrogen and oxygen atoms in total. The van der Waals surface area contributed by atoms with Gasteiger partial charge in [0.2, 0.25) is 5.91 Å². The number of benzene rings is 2. The highest BCUT2D eigenvalue weighted by molar-refractivity contribution is 8.00. The average molecular weight is 400 g/mol. The Balaban J connectivity index is 1.54. The normalized spacial score (nSPS) is 14.7. The molecule has 1 amide bonds. The van der Waals surface area contributed by atoms with Crippen LogP contribution in [-0.2, 0) is 4.79 Å². The van der Waals surface area contributed by atoms with Crippen molar-refractivity contribution in [2.45, 2.75) is 36.2 Å². The predicted octanol–water partition coefficient (Wildman–Crippen LogP) is 4.68. The van der Waals surface area contributed by atoms with Gasteiger partial charge in [0.1, 0.15) is 11.6 Å². The molecule has 1 atom stereocenters. The largest absolute Gasteiger partial charge is 0.325 e. The number of carbonyl (C=O) groups is 1. The number of amides is 1. The minimum Gasteiger partial charge on any atom is -0.325 e. The van der Waals surface area contributed by atoms with Gasteiger partial charge in [0.05, 0.1) is 10.8 Å². The first-order valence-electron chi connectivity index (χ1n) is 8.96. The summed E-state index contributed by atoms with van der Waals surface area (Å²) in [6.45, 7) is 1.76. The van der Waals surface area contributed by atoms with Crippen molar-refractivity contribution in [2.75, 3.05) is 5.32 Å². The second-order valence-corrected chi connectivity index (χ2v) is 7.95. The van der Waals surface area contributed by atoms with Crippen molar-refractivity contribution in [3.05, 3.63) is 60.2 Å². The van der Waals surface area contributed by atoms with Crippen LogP contribution >= 0.6 is 11.8 Å². The Morgan fingerprint density at radius 1 is 1.14 bits per heavy atom. The third-order valence-corrected chi connectivity index (χ3v) is 5.51. The molecule has 0 bridgehead atoms. The summed E-state index contributed by atoms with van der Waals surface area (Å²) in [6, 6.07) is 12.3. The minimum atomic E-state index is -0.458. The summed E-state index contributed by atoms with van der Waals surface area (Å²) in [4.78, 5) is 12.5. The molecule has 8 heteroatoms. The molecule has 1 aliphatic rings. The van der Waals surface area contributed by atoms with E-state index in [0.29, 0.717) is 22.2 Å². The Labute approximate surface area is 165 Å². The predicted molar refractivity (Wildman–Crippen MR) is 104 cm³/mol. The lowest BCUT2D eigenvalue weighted by Crippen LogP contribution is -2.23. The number of rotatable bonds is 6. The highest BCUT2D eigenvalue weighted by atomic mass is 32.2. The van der Waals surface area contributed by atoms with Gasteiger partial charge >= 0.3 is 0 Å². The van der Waals surface area contributed by atoms with Crippen LogP contribution in [0.2, 0.25) is 0 Å². The molecule has 0 saturated heterocycles. The molecule has 28 heavy (non-hydrogen) atoms. The number of nitrogens with zero attached hydrogens (tertiary/aromatic N) is 3. The fourth-order valence-electron chi connectivity index (χ4n) is 2.83. The van der Waals surface area contributed by atoms with Crippen molar-refractivity contribution in [1.82, 2.24) is 14.8 Å². The molecule has 1 fully saturated rings. The van der Waals surface area contributed by atoms with Crippen LogP contribution in [0.15, 0.2) is 53.7 Å². The monoisotopic (exact) mass is 400 g/mol. The molecule has 0 radical (unpaired) electrons. The van der Waals surface area contributed by atoms with Gasteiger partial charge in [-0.15, -0.1) is 10.2 Å². The Morgan fingerprint density at radius 3 is 2.54 bits per heavy atom. The molecule has 1 saturated carbocycles. The van der Waals surface area contributed by atoms with E-state index < -0.39 is 5.25 Å². The van der Waals surface area contributed by atoms with E-state index >= 15 is 0 Å². The zero-order chi connectivity index (χ0) is 19.7. The second-order valence-electron chi connectivity index (χ2n) is 6.64. The van der Waals surface area contributed by atoms with Gasteiger partial charge in [0, 0.05) is 11.7 Å². The van der Waals surface area contributed by atoms with Crippen molar-refractivity contribution >= 4 is 23.4 Å². The number of hydrogen-bond acceptors (Lipinski definition) is 4. The van der Waals surface area contributed by atoms with Gasteiger partial charge in [-0.3, -0.25) is 9.36 Å². The van der Waals surface area contributed by atoms with Crippen molar-refractivity contribution in [3.8, 4) is 11.4 Å². The van der Waals surface area contributed by atoms with Crippen molar-refractivity contribution in [2.24, 2.45) is 0 Å². The fraction of sp³-hybridized carbons (Fsp3) is 0.250. The molecule has 144 valence electrons. The van der Waals surface area contributed by atoms with E-state index in [-0.39, 0.29) is 23.6 Å². The van der Waals surface area contributed by atoms with Gasteiger partial charge < -0.3 is 5.32 Å². The Bertz CT molecular complexity index is 1000. The van der Waals surface area contributed by atoms with Gasteiger partial charge in [-0.2, -0.15) is 0 Å². The maximum absolute atomic E-state index is 14.2. The molecule has 0 spiro atoms. The number of aromatic nitrogens is 3. The smallest absolute Gasteiger partial charge is 0.237 e. The first kappa shape index (κ1) is 18.6. The van der Waals surface area contributed by atoms with Crippen LogP contribution in [0.25, 0.3) is 11.4 Å². The zero-order valence-electron chi connectivity index (χ0n) is 15.1. The second kappa shape index (κ2) is 7.71. The van der Waals surface area contributed by atoms with Gasteiger partial charge in [0.25, 0.3) is 0 Å². The molecule has 3 aromatic rings. The van der Waals surface area contributed by atoms with E-state index in [1.807, 2.05) is 4.57 Å². The SMILES string of the molecule is CC(Sc1nnc(-c2ccccc2F)n1C1CC1)C(=O)Nc1ccc(F)cc1. The summed E-state index contributed by atoms with van der Waals surface area (Å²) >= 11 is 1.27. The van der Waals surface area contributed by atoms with Crippen molar-refractivity contribution < 1.29 is 13.6 Å². The minimum absolute atomic E-state index is 0.222. The summed E-state index contributed by atoms with van der Waals surface area (Å²) in [5, 5.41) is 11.3. The molecule has 1 aromatic heterocycles. The van der Waals surface area contributed by atoms with Crippen LogP contribution in [0.5, 0.6) is 0 Å². The van der Waals surface area contributed by atoms with Crippen molar-refractivity contribution in [1.29, 1.82) is 0 Å². The standard InChI is InChI=1S/C20H18F2N4OS/c1-12(19(27)23-14-8-6-13(21)7-9-14)28-20-25-24-18(26(20)15-10-11-15)16-4-2-3-5-17(16)22/h2-9,12,15H,10-11H2,1H3,(H,23,27). The molecule has 4 rings (SSSR count). The lowest BCUT2D eigenvalue weighted by Gasteiger charge is -2.13. The number of halogens is 2. The fourth-order valence-corrected chi connectivity index (χ4v) is 3.75. The first-order chi connectivity index (χ1) is 13.5. The van der Waals surface area contributed by atoms with E-state index in [1.54, 1.807) is 25.1 Å². The molecule has 1 heterocycles. The summed E-state index contributed by atoms with van der Waals surface area (Å²) in [5.41, 5.74) is 0.923. The Hall–Kier alpha value is -2.74. The molecule has 0 aliphatic heterocycles. The third kappa shape index (κ3) is 3.91. The zero-order valence-corrected chi connectivity index (χ0v) is 15.9. The molecular formula is C20H18F2N4OS. The molecule has 2 aromatic carbocycles. The molecule has 1 unspecified atom stereocenters. The van der Waals surface area contributed by atoms with Gasteiger partial charge in [-0.25, -0.2) is 8.78 Å². The topological polar surface area (TPSA) is 59.8 Å². The quantitative estimate of drug-likeness (QED) is 0.611. The Morgan fingerprint density at radius 2 is 1.86 bits per heavy atom. The van der Waals surface area contributed by atoms with Crippen LogP contribution in [0.3, 0.4) is 0 Å². The van der Waals surface area contributed by atoms with Crippen LogP contribution < -0.4 is 5.32 Å². The third-order valence-electron chi connectivity index (χ3n) is 4.45. The van der Waals surface area contributed by atoms with E-state index in [1.165, 1.54) is 42.1 Å². The number of carbonyl (C=O) groups excluding carboxylic acids is 1. The number of hydrogen-bond donors (Lipinski definition) is 1.